The lowest BCUT2D eigenvalue weighted by Gasteiger charge is -2.20. The van der Waals surface area contributed by atoms with Crippen molar-refractivity contribution in [2.24, 2.45) is 0 Å². The van der Waals surface area contributed by atoms with Crippen molar-refractivity contribution in [3.63, 3.8) is 0 Å². The lowest BCUT2D eigenvalue weighted by molar-refractivity contribution is -0.136. The van der Waals surface area contributed by atoms with E-state index in [1.807, 2.05) is 48.5 Å². The number of carbonyl (C=O) groups excluding carboxylic acids is 1. The molecule has 1 unspecified atom stereocenters. The fourth-order valence-corrected chi connectivity index (χ4v) is 3.93. The Bertz CT molecular complexity index is 1080. The number of aliphatic carboxylic acids is 1. The predicted octanol–water partition coefficient (Wildman–Crippen LogP) is 6.79. The molecule has 5 nitrogen and oxygen atoms in total. The number of benzene rings is 3. The number of rotatable bonds is 10. The van der Waals surface area contributed by atoms with E-state index < -0.39 is 5.97 Å². The Balaban J connectivity index is 1.69. The number of carboxylic acids is 1. The van der Waals surface area contributed by atoms with E-state index in [1.54, 1.807) is 18.2 Å². The minimum absolute atomic E-state index is 0.0921. The molecule has 1 atom stereocenters. The van der Waals surface area contributed by atoms with Gasteiger partial charge in [-0.1, -0.05) is 60.8 Å². The molecule has 2 N–H and O–H groups in total. The molecule has 0 spiro atoms. The molecule has 0 aliphatic rings. The van der Waals surface area contributed by atoms with E-state index >= 15 is 0 Å². The summed E-state index contributed by atoms with van der Waals surface area (Å²) in [6.07, 6.45) is 1.47. The van der Waals surface area contributed by atoms with Crippen LogP contribution in [0.3, 0.4) is 0 Å². The van der Waals surface area contributed by atoms with Crippen LogP contribution in [0.1, 0.15) is 48.2 Å². The minimum Gasteiger partial charge on any atom is -0.486 e. The Morgan fingerprint density at radius 1 is 0.939 bits per heavy atom. The molecule has 0 aromatic heterocycles. The molecule has 172 valence electrons. The number of carbonyl (C=O) groups is 2. The van der Waals surface area contributed by atoms with Crippen molar-refractivity contribution in [1.29, 1.82) is 0 Å². The highest BCUT2D eigenvalue weighted by atomic mass is 35.5. The molecule has 0 saturated heterocycles. The standard InChI is InChI=1S/C26H25Cl2NO4/c1-2-3-24(18-4-6-19(7-5-18)26(32)29-13-12-25(30)31)33-23-10-8-17(9-11-23)20-14-21(27)16-22(28)15-20/h4-11,14-16,24H,2-3,12-13H2,1H3,(H,29,32)(H,30,31). The van der Waals surface area contributed by atoms with Gasteiger partial charge in [-0.05, 0) is 65.6 Å². The molecule has 3 aromatic rings. The summed E-state index contributed by atoms with van der Waals surface area (Å²) in [4.78, 5) is 22.8. The van der Waals surface area contributed by atoms with Crippen LogP contribution >= 0.6 is 23.2 Å². The summed E-state index contributed by atoms with van der Waals surface area (Å²) >= 11 is 12.2. The van der Waals surface area contributed by atoms with Gasteiger partial charge in [0.15, 0.2) is 0 Å². The zero-order chi connectivity index (χ0) is 23.8. The monoisotopic (exact) mass is 485 g/mol. The smallest absolute Gasteiger partial charge is 0.305 e. The third kappa shape index (κ3) is 7.24. The average Bonchev–Trinajstić information content (AvgIpc) is 2.78. The zero-order valence-electron chi connectivity index (χ0n) is 18.2. The highest BCUT2D eigenvalue weighted by Gasteiger charge is 2.14. The van der Waals surface area contributed by atoms with E-state index in [4.69, 9.17) is 33.0 Å². The van der Waals surface area contributed by atoms with Crippen LogP contribution < -0.4 is 10.1 Å². The molecule has 0 bridgehead atoms. The van der Waals surface area contributed by atoms with E-state index in [0.717, 1.165) is 35.3 Å². The first-order valence-electron chi connectivity index (χ1n) is 10.7. The summed E-state index contributed by atoms with van der Waals surface area (Å²) < 4.78 is 6.25. The minimum atomic E-state index is -0.949. The molecule has 7 heteroatoms. The normalized spacial score (nSPS) is 11.6. The van der Waals surface area contributed by atoms with E-state index in [1.165, 1.54) is 0 Å². The first-order valence-corrected chi connectivity index (χ1v) is 11.4. The molecular formula is C26H25Cl2NO4. The van der Waals surface area contributed by atoms with Gasteiger partial charge in [-0.3, -0.25) is 9.59 Å². The van der Waals surface area contributed by atoms with Crippen molar-refractivity contribution < 1.29 is 19.4 Å². The summed E-state index contributed by atoms with van der Waals surface area (Å²) in [5.41, 5.74) is 3.35. The molecule has 3 aromatic carbocycles. The number of halogens is 2. The van der Waals surface area contributed by atoms with Gasteiger partial charge in [-0.2, -0.15) is 0 Å². The van der Waals surface area contributed by atoms with E-state index in [-0.39, 0.29) is 25.0 Å². The van der Waals surface area contributed by atoms with Crippen LogP contribution in [0.15, 0.2) is 66.7 Å². The third-order valence-corrected chi connectivity index (χ3v) is 5.48. The highest BCUT2D eigenvalue weighted by Crippen LogP contribution is 2.31. The molecule has 0 saturated carbocycles. The topological polar surface area (TPSA) is 75.6 Å². The predicted molar refractivity (Wildman–Crippen MR) is 131 cm³/mol. The Morgan fingerprint density at radius 2 is 1.58 bits per heavy atom. The van der Waals surface area contributed by atoms with Gasteiger partial charge < -0.3 is 15.2 Å². The molecule has 1 amide bonds. The van der Waals surface area contributed by atoms with Crippen LogP contribution in [0.4, 0.5) is 0 Å². The van der Waals surface area contributed by atoms with Crippen LogP contribution in [-0.2, 0) is 4.79 Å². The van der Waals surface area contributed by atoms with Crippen LogP contribution in [0.2, 0.25) is 10.0 Å². The van der Waals surface area contributed by atoms with Gasteiger partial charge >= 0.3 is 5.97 Å². The summed E-state index contributed by atoms with van der Waals surface area (Å²) in [7, 11) is 0. The molecule has 0 heterocycles. The lowest BCUT2D eigenvalue weighted by atomic mass is 10.0. The average molecular weight is 486 g/mol. The number of carboxylic acid groups (broad SMARTS) is 1. The van der Waals surface area contributed by atoms with Crippen molar-refractivity contribution in [2.45, 2.75) is 32.3 Å². The molecule has 0 fully saturated rings. The Labute approximate surface area is 203 Å². The fourth-order valence-electron chi connectivity index (χ4n) is 3.40. The number of hydrogen-bond acceptors (Lipinski definition) is 3. The van der Waals surface area contributed by atoms with Gasteiger partial charge in [-0.25, -0.2) is 0 Å². The van der Waals surface area contributed by atoms with Gasteiger partial charge in [-0.15, -0.1) is 0 Å². The summed E-state index contributed by atoms with van der Waals surface area (Å²) in [5, 5.41) is 12.5. The number of ether oxygens (including phenoxy) is 1. The van der Waals surface area contributed by atoms with Crippen LogP contribution in [0.25, 0.3) is 11.1 Å². The Hall–Kier alpha value is -3.02. The van der Waals surface area contributed by atoms with Gasteiger partial charge in [0.25, 0.3) is 5.91 Å². The van der Waals surface area contributed by atoms with Crippen molar-refractivity contribution in [3.05, 3.63) is 87.9 Å². The second-order valence-corrected chi connectivity index (χ2v) is 8.47. The maximum atomic E-state index is 12.2. The molecule has 0 aliphatic heterocycles. The van der Waals surface area contributed by atoms with E-state index in [0.29, 0.717) is 15.6 Å². The third-order valence-electron chi connectivity index (χ3n) is 5.05. The number of hydrogen-bond donors (Lipinski definition) is 2. The molecule has 33 heavy (non-hydrogen) atoms. The summed E-state index contributed by atoms with van der Waals surface area (Å²) in [6.45, 7) is 2.18. The summed E-state index contributed by atoms with van der Waals surface area (Å²) in [5.74, 6) is -0.511. The number of amides is 1. The van der Waals surface area contributed by atoms with Crippen molar-refractivity contribution in [3.8, 4) is 16.9 Å². The fraction of sp³-hybridized carbons (Fsp3) is 0.231. The van der Waals surface area contributed by atoms with E-state index in [2.05, 4.69) is 12.2 Å². The van der Waals surface area contributed by atoms with Gasteiger partial charge in [0, 0.05) is 22.2 Å². The largest absolute Gasteiger partial charge is 0.486 e. The second kappa shape index (κ2) is 11.7. The lowest BCUT2D eigenvalue weighted by Crippen LogP contribution is -2.26. The Morgan fingerprint density at radius 3 is 2.15 bits per heavy atom. The van der Waals surface area contributed by atoms with Gasteiger partial charge in [0.1, 0.15) is 11.9 Å². The molecule has 0 aliphatic carbocycles. The maximum absolute atomic E-state index is 12.2. The summed E-state index contributed by atoms with van der Waals surface area (Å²) in [6, 6.07) is 20.4. The zero-order valence-corrected chi connectivity index (χ0v) is 19.7. The van der Waals surface area contributed by atoms with Gasteiger partial charge in [0.2, 0.25) is 0 Å². The Kier molecular flexibility index (Phi) is 8.75. The first-order chi connectivity index (χ1) is 15.9. The van der Waals surface area contributed by atoms with Crippen LogP contribution in [0, 0.1) is 0 Å². The first kappa shape index (κ1) is 24.6. The van der Waals surface area contributed by atoms with Crippen molar-refractivity contribution in [1.82, 2.24) is 5.32 Å². The SMILES string of the molecule is CCCC(Oc1ccc(-c2cc(Cl)cc(Cl)c2)cc1)c1ccc(C(=O)NCCC(=O)O)cc1. The molecular weight excluding hydrogens is 461 g/mol. The molecule has 0 radical (unpaired) electrons. The number of nitrogens with one attached hydrogen (secondary N) is 1. The molecule has 3 rings (SSSR count). The highest BCUT2D eigenvalue weighted by molar-refractivity contribution is 6.35. The van der Waals surface area contributed by atoms with E-state index in [9.17, 15) is 9.59 Å². The van der Waals surface area contributed by atoms with Gasteiger partial charge in [0.05, 0.1) is 6.42 Å². The maximum Gasteiger partial charge on any atom is 0.305 e. The quantitative estimate of drug-likeness (QED) is 0.331. The second-order valence-electron chi connectivity index (χ2n) is 7.60. The van der Waals surface area contributed by atoms with Crippen molar-refractivity contribution in [2.75, 3.05) is 6.54 Å². The van der Waals surface area contributed by atoms with Crippen molar-refractivity contribution >= 4 is 35.1 Å². The van der Waals surface area contributed by atoms with Crippen LogP contribution in [0.5, 0.6) is 5.75 Å². The van der Waals surface area contributed by atoms with Crippen LogP contribution in [-0.4, -0.2) is 23.5 Å².